The largest absolute Gasteiger partial charge is 0.374 e. The lowest BCUT2D eigenvalue weighted by Crippen LogP contribution is -2.59. The van der Waals surface area contributed by atoms with Crippen LogP contribution in [0.3, 0.4) is 0 Å². The number of hydrogen-bond donors (Lipinski definition) is 0. The van der Waals surface area contributed by atoms with Gasteiger partial charge in [0, 0.05) is 0 Å². The number of benzene rings is 3. The molecule has 0 amide bonds. The molecule has 3 aromatic rings. The Kier molecular flexibility index (Phi) is 8.33. The fraction of sp³-hybridized carbons (Fsp3) is 0.333. The van der Waals surface area contributed by atoms with E-state index < -0.39 is 42.1 Å². The Hall–Kier alpha value is -2.43. The molecule has 5 rings (SSSR count). The number of rotatable bonds is 10. The van der Waals surface area contributed by atoms with Gasteiger partial charge in [0.1, 0.15) is 18.3 Å². The molecule has 0 saturated carbocycles. The van der Waals surface area contributed by atoms with Gasteiger partial charge in [-0.05, 0) is 16.7 Å². The minimum Gasteiger partial charge on any atom is -0.374 e. The molecule has 3 aromatic carbocycles. The molecule has 0 bridgehead atoms. The third-order valence-electron chi connectivity index (χ3n) is 5.92. The monoisotopic (exact) mass is 496 g/mol. The summed E-state index contributed by atoms with van der Waals surface area (Å²) in [6, 6.07) is 29.6. The van der Waals surface area contributed by atoms with Gasteiger partial charge in [0.25, 0.3) is 0 Å². The molecule has 0 aromatic heterocycles. The summed E-state index contributed by atoms with van der Waals surface area (Å²) in [5.74, 6) is 0. The fourth-order valence-corrected chi connectivity index (χ4v) is 4.91. The van der Waals surface area contributed by atoms with E-state index in [0.29, 0.717) is 19.8 Å². The summed E-state index contributed by atoms with van der Waals surface area (Å²) >= 11 is -1.92. The summed E-state index contributed by atoms with van der Waals surface area (Å²) in [6.07, 6.45) is -3.14. The van der Waals surface area contributed by atoms with Crippen LogP contribution >= 0.6 is 0 Å². The summed E-state index contributed by atoms with van der Waals surface area (Å²) in [7, 11) is 0. The van der Waals surface area contributed by atoms with E-state index in [0.717, 1.165) is 16.7 Å². The lowest BCUT2D eigenvalue weighted by molar-refractivity contribution is -0.276. The molecular formula is C27H28O7S. The number of ether oxygens (including phenoxy) is 4. The Bertz CT molecular complexity index is 1070. The second-order valence-electron chi connectivity index (χ2n) is 8.43. The molecule has 8 heteroatoms. The van der Waals surface area contributed by atoms with Gasteiger partial charge in [-0.25, -0.2) is 4.18 Å². The molecule has 0 aliphatic carbocycles. The van der Waals surface area contributed by atoms with Crippen LogP contribution in [0, 0.1) is 0 Å². The van der Waals surface area contributed by atoms with E-state index in [4.69, 9.17) is 27.3 Å². The van der Waals surface area contributed by atoms with Gasteiger partial charge in [-0.15, -0.1) is 0 Å². The highest BCUT2D eigenvalue weighted by Gasteiger charge is 2.54. The second kappa shape index (κ2) is 12.0. The van der Waals surface area contributed by atoms with Crippen molar-refractivity contribution in [1.29, 1.82) is 0 Å². The third kappa shape index (κ3) is 6.42. The normalized spacial score (nSPS) is 28.0. The SMILES string of the molecule is O=S1OC2O[C@H](COCc3ccccc3)[C@H](OCc3ccccc3)[C@H](OCc3ccccc3)C2O1. The summed E-state index contributed by atoms with van der Waals surface area (Å²) in [5.41, 5.74) is 3.09. The van der Waals surface area contributed by atoms with Crippen molar-refractivity contribution in [2.24, 2.45) is 0 Å². The quantitative estimate of drug-likeness (QED) is 0.419. The molecule has 35 heavy (non-hydrogen) atoms. The van der Waals surface area contributed by atoms with Crippen LogP contribution in [0.1, 0.15) is 16.7 Å². The Morgan fingerprint density at radius 2 is 1.17 bits per heavy atom. The average molecular weight is 497 g/mol. The maximum Gasteiger partial charge on any atom is 0.307 e. The van der Waals surface area contributed by atoms with Crippen LogP contribution in [0.4, 0.5) is 0 Å². The van der Waals surface area contributed by atoms with Gasteiger partial charge in [-0.3, -0.25) is 4.18 Å². The molecule has 0 radical (unpaired) electrons. The van der Waals surface area contributed by atoms with Crippen molar-refractivity contribution >= 4 is 11.4 Å². The van der Waals surface area contributed by atoms with E-state index in [1.807, 2.05) is 91.0 Å². The van der Waals surface area contributed by atoms with Crippen molar-refractivity contribution in [2.75, 3.05) is 6.61 Å². The van der Waals surface area contributed by atoms with E-state index >= 15 is 0 Å². The lowest BCUT2D eigenvalue weighted by atomic mass is 9.98. The summed E-state index contributed by atoms with van der Waals surface area (Å²) in [4.78, 5) is 0. The van der Waals surface area contributed by atoms with Crippen molar-refractivity contribution in [3.63, 3.8) is 0 Å². The van der Waals surface area contributed by atoms with E-state index in [2.05, 4.69) is 0 Å². The first kappa shape index (κ1) is 24.3. The molecule has 0 N–H and O–H groups in total. The van der Waals surface area contributed by atoms with E-state index in [9.17, 15) is 4.21 Å². The molecule has 7 nitrogen and oxygen atoms in total. The van der Waals surface area contributed by atoms with Gasteiger partial charge in [0.05, 0.1) is 26.4 Å². The van der Waals surface area contributed by atoms with Gasteiger partial charge < -0.3 is 18.9 Å². The van der Waals surface area contributed by atoms with Gasteiger partial charge in [0.15, 0.2) is 6.10 Å². The third-order valence-corrected chi connectivity index (χ3v) is 6.64. The summed E-state index contributed by atoms with van der Waals surface area (Å²) < 4.78 is 47.8. The molecule has 2 aliphatic heterocycles. The van der Waals surface area contributed by atoms with Crippen LogP contribution in [0.25, 0.3) is 0 Å². The van der Waals surface area contributed by atoms with Gasteiger partial charge >= 0.3 is 11.4 Å². The Morgan fingerprint density at radius 3 is 1.74 bits per heavy atom. The van der Waals surface area contributed by atoms with E-state index in [1.54, 1.807) is 0 Å². The maximum absolute atomic E-state index is 12.1. The first-order chi connectivity index (χ1) is 17.3. The van der Waals surface area contributed by atoms with Crippen LogP contribution < -0.4 is 0 Å². The highest BCUT2D eigenvalue weighted by molar-refractivity contribution is 7.75. The zero-order valence-electron chi connectivity index (χ0n) is 19.1. The van der Waals surface area contributed by atoms with Gasteiger partial charge in [0.2, 0.25) is 6.29 Å². The Morgan fingerprint density at radius 1 is 0.657 bits per heavy atom. The highest BCUT2D eigenvalue weighted by atomic mass is 32.2. The molecule has 2 saturated heterocycles. The number of fused-ring (bicyclic) bond motifs is 1. The van der Waals surface area contributed by atoms with Crippen molar-refractivity contribution in [2.45, 2.75) is 50.5 Å². The molecule has 6 atom stereocenters. The Labute approximate surface area is 207 Å². The van der Waals surface area contributed by atoms with Crippen molar-refractivity contribution in [3.8, 4) is 0 Å². The molecule has 0 spiro atoms. The van der Waals surface area contributed by atoms with Crippen LogP contribution in [0.2, 0.25) is 0 Å². The Balaban J connectivity index is 1.33. The minimum atomic E-state index is -1.92. The second-order valence-corrected chi connectivity index (χ2v) is 9.22. The first-order valence-corrected chi connectivity index (χ1v) is 12.6. The fourth-order valence-electron chi connectivity index (χ4n) is 4.18. The summed E-state index contributed by atoms with van der Waals surface area (Å²) in [6.45, 7) is 1.38. The van der Waals surface area contributed by atoms with Crippen LogP contribution in [-0.4, -0.2) is 41.5 Å². The minimum absolute atomic E-state index is 0.249. The molecule has 3 unspecified atom stereocenters. The van der Waals surface area contributed by atoms with Gasteiger partial charge in [-0.2, -0.15) is 4.21 Å². The maximum atomic E-state index is 12.1. The summed E-state index contributed by atoms with van der Waals surface area (Å²) in [5, 5.41) is 0. The van der Waals surface area contributed by atoms with Crippen LogP contribution in [0.5, 0.6) is 0 Å². The van der Waals surface area contributed by atoms with Crippen molar-refractivity contribution in [1.82, 2.24) is 0 Å². The van der Waals surface area contributed by atoms with Gasteiger partial charge in [-0.1, -0.05) is 91.0 Å². The predicted octanol–water partition coefficient (Wildman–Crippen LogP) is 4.09. The number of hydrogen-bond acceptors (Lipinski definition) is 7. The van der Waals surface area contributed by atoms with Crippen molar-refractivity contribution < 1.29 is 31.5 Å². The topological polar surface area (TPSA) is 72.5 Å². The van der Waals surface area contributed by atoms with E-state index in [1.165, 1.54) is 0 Å². The molecule has 2 aliphatic rings. The molecule has 184 valence electrons. The highest BCUT2D eigenvalue weighted by Crippen LogP contribution is 2.35. The lowest BCUT2D eigenvalue weighted by Gasteiger charge is -2.41. The van der Waals surface area contributed by atoms with Crippen LogP contribution in [0.15, 0.2) is 91.0 Å². The standard InChI is InChI=1S/C27H28O7S/c28-35-33-26-25(31-18-22-14-8-3-9-15-22)24(30-17-21-12-6-2-7-13-21)23(32-27(26)34-35)19-29-16-20-10-4-1-5-11-20/h1-15,23-27H,16-19H2/t23-,24+,25+,26?,27?,35?/m1/s1. The zero-order valence-corrected chi connectivity index (χ0v) is 20.0. The smallest absolute Gasteiger partial charge is 0.307 e. The van der Waals surface area contributed by atoms with Crippen LogP contribution in [-0.2, 0) is 58.5 Å². The predicted molar refractivity (Wildman–Crippen MR) is 129 cm³/mol. The molecule has 2 heterocycles. The zero-order chi connectivity index (χ0) is 23.9. The molecule has 2 fully saturated rings. The average Bonchev–Trinajstić information content (AvgIpc) is 3.28. The molecular weight excluding hydrogens is 468 g/mol. The van der Waals surface area contributed by atoms with E-state index in [-0.39, 0.29) is 6.61 Å². The van der Waals surface area contributed by atoms with Crippen molar-refractivity contribution in [3.05, 3.63) is 108 Å². The first-order valence-electron chi connectivity index (χ1n) is 11.6.